The van der Waals surface area contributed by atoms with Crippen LogP contribution < -0.4 is 0 Å². The lowest BCUT2D eigenvalue weighted by Crippen LogP contribution is -2.12. The zero-order chi connectivity index (χ0) is 17.7. The van der Waals surface area contributed by atoms with Crippen LogP contribution in [0.3, 0.4) is 0 Å². The molecule has 0 radical (unpaired) electrons. The number of aliphatic imine (C=N–C) groups is 2. The molecule has 4 heteroatoms. The third-order valence-corrected chi connectivity index (χ3v) is 4.81. The highest BCUT2D eigenvalue weighted by molar-refractivity contribution is 6.43. The summed E-state index contributed by atoms with van der Waals surface area (Å²) in [5.41, 5.74) is 5.70. The average Bonchev–Trinajstić information content (AvgIpc) is 2.58. The maximum Gasteiger partial charge on any atom is 0.0677 e. The predicted molar refractivity (Wildman–Crippen MR) is 107 cm³/mol. The second-order valence-corrected chi connectivity index (χ2v) is 6.41. The summed E-state index contributed by atoms with van der Waals surface area (Å²) in [7, 11) is 0. The normalized spacial score (nSPS) is 12.6. The molecule has 0 atom stereocenters. The first-order chi connectivity index (χ1) is 11.5. The molecule has 2 aromatic carbocycles. The van der Waals surface area contributed by atoms with Gasteiger partial charge in [0.1, 0.15) is 0 Å². The van der Waals surface area contributed by atoms with Crippen molar-refractivity contribution in [2.24, 2.45) is 9.98 Å². The maximum absolute atomic E-state index is 6.21. The summed E-state index contributed by atoms with van der Waals surface area (Å²) < 4.78 is 0. The molecule has 0 aliphatic rings. The molecule has 0 heterocycles. The van der Waals surface area contributed by atoms with Gasteiger partial charge in [0.2, 0.25) is 0 Å². The molecular weight excluding hydrogens is 339 g/mol. The molecule has 0 aliphatic carbocycles. The van der Waals surface area contributed by atoms with E-state index >= 15 is 0 Å². The van der Waals surface area contributed by atoms with Crippen molar-refractivity contribution >= 4 is 46.0 Å². The van der Waals surface area contributed by atoms with Crippen LogP contribution in [0.4, 0.5) is 11.4 Å². The first-order valence-electron chi connectivity index (χ1n) is 8.13. The number of halogens is 2. The average molecular weight is 361 g/mol. The molecule has 0 unspecified atom stereocenters. The van der Waals surface area contributed by atoms with E-state index in [1.165, 1.54) is 0 Å². The van der Waals surface area contributed by atoms with Gasteiger partial charge in [0.25, 0.3) is 0 Å². The minimum absolute atomic E-state index is 0.729. The first-order valence-corrected chi connectivity index (χ1v) is 8.89. The molecule has 2 rings (SSSR count). The van der Waals surface area contributed by atoms with Crippen molar-refractivity contribution in [3.63, 3.8) is 0 Å². The Kier molecular flexibility index (Phi) is 6.59. The van der Waals surface area contributed by atoms with Crippen molar-refractivity contribution in [1.82, 2.24) is 0 Å². The molecule has 126 valence electrons. The SMILES string of the molecule is CCC(=N\c1cccc(Cl)c1C)/C(CC)=N/c1cccc(Cl)c1C. The van der Waals surface area contributed by atoms with E-state index in [9.17, 15) is 0 Å². The fourth-order valence-electron chi connectivity index (χ4n) is 2.42. The van der Waals surface area contributed by atoms with Crippen LogP contribution in [0, 0.1) is 13.8 Å². The quantitative estimate of drug-likeness (QED) is 0.500. The molecule has 0 aliphatic heterocycles. The summed E-state index contributed by atoms with van der Waals surface area (Å²) >= 11 is 12.4. The third-order valence-electron chi connectivity index (χ3n) is 3.99. The second kappa shape index (κ2) is 8.46. The van der Waals surface area contributed by atoms with Crippen molar-refractivity contribution in [1.29, 1.82) is 0 Å². The predicted octanol–water partition coefficient (Wildman–Crippen LogP) is 7.28. The van der Waals surface area contributed by atoms with Crippen molar-refractivity contribution in [3.05, 3.63) is 57.6 Å². The van der Waals surface area contributed by atoms with Crippen LogP contribution >= 0.6 is 23.2 Å². The Hall–Kier alpha value is -1.64. The van der Waals surface area contributed by atoms with Crippen LogP contribution in [0.1, 0.15) is 37.8 Å². The zero-order valence-corrected chi connectivity index (χ0v) is 16.0. The van der Waals surface area contributed by atoms with Gasteiger partial charge in [-0.25, -0.2) is 0 Å². The maximum atomic E-state index is 6.21. The lowest BCUT2D eigenvalue weighted by atomic mass is 10.1. The standard InChI is InChI=1S/C20H22Cl2N2/c1-5-17(23-19-11-7-9-15(21)13(19)3)18(6-2)24-20-12-8-10-16(22)14(20)4/h7-12H,5-6H2,1-4H3/b23-17+,24-18+. The smallest absolute Gasteiger partial charge is 0.0677 e. The zero-order valence-electron chi connectivity index (χ0n) is 14.5. The van der Waals surface area contributed by atoms with Gasteiger partial charge >= 0.3 is 0 Å². The molecule has 2 nitrogen and oxygen atoms in total. The molecule has 0 spiro atoms. The van der Waals surface area contributed by atoms with E-state index in [-0.39, 0.29) is 0 Å². The Balaban J connectivity index is 2.50. The number of benzene rings is 2. The van der Waals surface area contributed by atoms with Crippen molar-refractivity contribution in [2.45, 2.75) is 40.5 Å². The van der Waals surface area contributed by atoms with E-state index in [2.05, 4.69) is 13.8 Å². The van der Waals surface area contributed by atoms with Gasteiger partial charge in [0.15, 0.2) is 0 Å². The van der Waals surface area contributed by atoms with Crippen LogP contribution in [0.5, 0.6) is 0 Å². The molecular formula is C20H22Cl2N2. The largest absolute Gasteiger partial charge is 0.251 e. The topological polar surface area (TPSA) is 24.7 Å². The molecule has 0 saturated heterocycles. The summed E-state index contributed by atoms with van der Waals surface area (Å²) in [5, 5.41) is 1.46. The summed E-state index contributed by atoms with van der Waals surface area (Å²) in [4.78, 5) is 9.65. The Bertz CT molecular complexity index is 725. The van der Waals surface area contributed by atoms with E-state index in [0.717, 1.165) is 56.8 Å². The second-order valence-electron chi connectivity index (χ2n) is 5.59. The van der Waals surface area contributed by atoms with Gasteiger partial charge < -0.3 is 0 Å². The van der Waals surface area contributed by atoms with Crippen molar-refractivity contribution < 1.29 is 0 Å². The molecule has 0 aromatic heterocycles. The van der Waals surface area contributed by atoms with Crippen LogP contribution in [-0.4, -0.2) is 11.4 Å². The Morgan fingerprint density at radius 3 is 1.46 bits per heavy atom. The van der Waals surface area contributed by atoms with Crippen LogP contribution in [0.25, 0.3) is 0 Å². The number of rotatable bonds is 5. The molecule has 0 N–H and O–H groups in total. The first kappa shape index (κ1) is 18.7. The molecule has 24 heavy (non-hydrogen) atoms. The van der Waals surface area contributed by atoms with Crippen LogP contribution in [0.15, 0.2) is 46.4 Å². The summed E-state index contributed by atoms with van der Waals surface area (Å²) in [6.45, 7) is 8.15. The fourth-order valence-corrected chi connectivity index (χ4v) is 2.76. The fraction of sp³-hybridized carbons (Fsp3) is 0.300. The van der Waals surface area contributed by atoms with E-state index in [1.807, 2.05) is 50.2 Å². The van der Waals surface area contributed by atoms with Crippen LogP contribution in [-0.2, 0) is 0 Å². The van der Waals surface area contributed by atoms with Gasteiger partial charge in [-0.1, -0.05) is 49.2 Å². The molecule has 2 aromatic rings. The summed E-state index contributed by atoms with van der Waals surface area (Å²) in [6.07, 6.45) is 1.61. The Morgan fingerprint density at radius 1 is 0.750 bits per heavy atom. The van der Waals surface area contributed by atoms with E-state index < -0.39 is 0 Å². The highest BCUT2D eigenvalue weighted by atomic mass is 35.5. The van der Waals surface area contributed by atoms with Gasteiger partial charge in [0.05, 0.1) is 22.8 Å². The van der Waals surface area contributed by atoms with E-state index in [4.69, 9.17) is 33.2 Å². The third kappa shape index (κ3) is 4.25. The lowest BCUT2D eigenvalue weighted by Gasteiger charge is -2.10. The Labute approximate surface area is 154 Å². The lowest BCUT2D eigenvalue weighted by molar-refractivity contribution is 1.23. The summed E-state index contributed by atoms with van der Waals surface area (Å²) in [5.74, 6) is 0. The highest BCUT2D eigenvalue weighted by Gasteiger charge is 2.09. The van der Waals surface area contributed by atoms with Gasteiger partial charge in [-0.2, -0.15) is 0 Å². The minimum Gasteiger partial charge on any atom is -0.251 e. The summed E-state index contributed by atoms with van der Waals surface area (Å²) in [6, 6.07) is 11.6. The van der Waals surface area contributed by atoms with Gasteiger partial charge in [0, 0.05) is 10.0 Å². The number of nitrogens with zero attached hydrogens (tertiary/aromatic N) is 2. The Morgan fingerprint density at radius 2 is 1.12 bits per heavy atom. The molecule has 0 bridgehead atoms. The van der Waals surface area contributed by atoms with Gasteiger partial charge in [-0.15, -0.1) is 0 Å². The molecule has 0 saturated carbocycles. The van der Waals surface area contributed by atoms with Gasteiger partial charge in [-0.3, -0.25) is 9.98 Å². The number of hydrogen-bond donors (Lipinski definition) is 0. The van der Waals surface area contributed by atoms with Crippen LogP contribution in [0.2, 0.25) is 10.0 Å². The molecule has 0 fully saturated rings. The number of hydrogen-bond acceptors (Lipinski definition) is 2. The van der Waals surface area contributed by atoms with E-state index in [0.29, 0.717) is 0 Å². The molecule has 0 amide bonds. The van der Waals surface area contributed by atoms with Gasteiger partial charge in [-0.05, 0) is 62.1 Å². The van der Waals surface area contributed by atoms with Crippen molar-refractivity contribution in [2.75, 3.05) is 0 Å². The monoisotopic (exact) mass is 360 g/mol. The van der Waals surface area contributed by atoms with E-state index in [1.54, 1.807) is 0 Å². The highest BCUT2D eigenvalue weighted by Crippen LogP contribution is 2.28. The van der Waals surface area contributed by atoms with Crippen molar-refractivity contribution in [3.8, 4) is 0 Å². The minimum atomic E-state index is 0.729.